The lowest BCUT2D eigenvalue weighted by Crippen LogP contribution is -2.33. The van der Waals surface area contributed by atoms with E-state index in [4.69, 9.17) is 11.6 Å². The molecule has 0 N–H and O–H groups in total. The third kappa shape index (κ3) is 2.35. The van der Waals surface area contributed by atoms with Crippen LogP contribution in [-0.4, -0.2) is 39.6 Å². The van der Waals surface area contributed by atoms with Crippen molar-refractivity contribution in [3.8, 4) is 0 Å². The largest absolute Gasteiger partial charge is 0.306 e. The molecule has 3 heterocycles. The predicted octanol–water partition coefficient (Wildman–Crippen LogP) is 2.27. The summed E-state index contributed by atoms with van der Waals surface area (Å²) >= 11 is 6.10. The number of piperidine rings is 1. The minimum absolute atomic E-state index is 0.664. The van der Waals surface area contributed by atoms with Crippen molar-refractivity contribution in [3.05, 3.63) is 29.2 Å². The summed E-state index contributed by atoms with van der Waals surface area (Å²) in [6, 6.07) is 3.74. The maximum Gasteiger partial charge on any atom is 0.174 e. The molecular weight excluding hydrogens is 248 g/mol. The van der Waals surface area contributed by atoms with E-state index in [0.29, 0.717) is 10.9 Å². The highest BCUT2D eigenvalue weighted by Gasteiger charge is 2.19. The molecule has 2 aromatic heterocycles. The number of hydrogen-bond acceptors (Lipinski definition) is 3. The van der Waals surface area contributed by atoms with Crippen LogP contribution in [0.5, 0.6) is 0 Å². The average molecular weight is 265 g/mol. The van der Waals surface area contributed by atoms with Crippen LogP contribution in [0.15, 0.2) is 18.3 Å². The standard InChI is InChI=1S/C13H17ClN4/c1-17-6-2-4-10(9-17)8-12-15-13-11(14)5-3-7-18(13)16-12/h3,5,7,10H,2,4,6,8-9H2,1H3. The van der Waals surface area contributed by atoms with Crippen LogP contribution in [0.1, 0.15) is 18.7 Å². The van der Waals surface area contributed by atoms with Gasteiger partial charge in [0.15, 0.2) is 11.5 Å². The maximum absolute atomic E-state index is 6.10. The fraction of sp³-hybridized carbons (Fsp3) is 0.538. The van der Waals surface area contributed by atoms with Crippen LogP contribution in [0.25, 0.3) is 5.65 Å². The molecule has 1 aliphatic heterocycles. The predicted molar refractivity (Wildman–Crippen MR) is 71.9 cm³/mol. The first-order chi connectivity index (χ1) is 8.72. The molecule has 2 aromatic rings. The van der Waals surface area contributed by atoms with Gasteiger partial charge in [0.25, 0.3) is 0 Å². The summed E-state index contributed by atoms with van der Waals surface area (Å²) in [6.07, 6.45) is 5.38. The minimum atomic E-state index is 0.664. The van der Waals surface area contributed by atoms with Crippen LogP contribution < -0.4 is 0 Å². The minimum Gasteiger partial charge on any atom is -0.306 e. The fourth-order valence-electron chi connectivity index (χ4n) is 2.70. The molecule has 96 valence electrons. The molecule has 5 heteroatoms. The Morgan fingerprint density at radius 2 is 2.39 bits per heavy atom. The molecular formula is C13H17ClN4. The lowest BCUT2D eigenvalue weighted by atomic mass is 9.95. The third-order valence-electron chi connectivity index (χ3n) is 3.55. The van der Waals surface area contributed by atoms with E-state index in [9.17, 15) is 0 Å². The number of hydrogen-bond donors (Lipinski definition) is 0. The van der Waals surface area contributed by atoms with Gasteiger partial charge < -0.3 is 4.90 Å². The molecule has 1 aliphatic rings. The molecule has 0 aromatic carbocycles. The van der Waals surface area contributed by atoms with Crippen molar-refractivity contribution in [3.63, 3.8) is 0 Å². The van der Waals surface area contributed by atoms with Gasteiger partial charge in [0.05, 0.1) is 5.02 Å². The van der Waals surface area contributed by atoms with Crippen molar-refractivity contribution in [2.75, 3.05) is 20.1 Å². The van der Waals surface area contributed by atoms with Gasteiger partial charge in [-0.25, -0.2) is 9.50 Å². The van der Waals surface area contributed by atoms with E-state index in [1.54, 1.807) is 4.52 Å². The number of halogens is 1. The van der Waals surface area contributed by atoms with Crippen LogP contribution in [0.2, 0.25) is 5.02 Å². The monoisotopic (exact) mass is 264 g/mol. The first-order valence-electron chi connectivity index (χ1n) is 6.40. The first-order valence-corrected chi connectivity index (χ1v) is 6.78. The zero-order valence-electron chi connectivity index (χ0n) is 10.5. The maximum atomic E-state index is 6.10. The SMILES string of the molecule is CN1CCCC(Cc2nc3c(Cl)cccn3n2)C1. The topological polar surface area (TPSA) is 33.4 Å². The fourth-order valence-corrected chi connectivity index (χ4v) is 2.90. The van der Waals surface area contributed by atoms with Gasteiger partial charge in [0.1, 0.15) is 0 Å². The van der Waals surface area contributed by atoms with E-state index < -0.39 is 0 Å². The lowest BCUT2D eigenvalue weighted by molar-refractivity contribution is 0.207. The van der Waals surface area contributed by atoms with Gasteiger partial charge >= 0.3 is 0 Å². The zero-order chi connectivity index (χ0) is 12.5. The summed E-state index contributed by atoms with van der Waals surface area (Å²) in [7, 11) is 2.18. The molecule has 0 aliphatic carbocycles. The van der Waals surface area contributed by atoms with Crippen molar-refractivity contribution in [2.45, 2.75) is 19.3 Å². The average Bonchev–Trinajstić information content (AvgIpc) is 2.73. The van der Waals surface area contributed by atoms with E-state index in [2.05, 4.69) is 22.0 Å². The molecule has 0 spiro atoms. The van der Waals surface area contributed by atoms with E-state index in [0.717, 1.165) is 24.4 Å². The van der Waals surface area contributed by atoms with Gasteiger partial charge in [0, 0.05) is 19.2 Å². The third-order valence-corrected chi connectivity index (χ3v) is 3.85. The van der Waals surface area contributed by atoms with Gasteiger partial charge in [-0.2, -0.15) is 5.10 Å². The van der Waals surface area contributed by atoms with Gasteiger partial charge in [0.2, 0.25) is 0 Å². The first kappa shape index (κ1) is 11.9. The molecule has 3 rings (SSSR count). The molecule has 1 atom stereocenters. The Hall–Kier alpha value is -1.13. The molecule has 1 unspecified atom stereocenters. The summed E-state index contributed by atoms with van der Waals surface area (Å²) in [5, 5.41) is 5.16. The summed E-state index contributed by atoms with van der Waals surface area (Å²) in [4.78, 5) is 6.92. The Kier molecular flexibility index (Phi) is 3.22. The highest BCUT2D eigenvalue weighted by molar-refractivity contribution is 6.33. The molecule has 18 heavy (non-hydrogen) atoms. The van der Waals surface area contributed by atoms with Crippen LogP contribution in [0.4, 0.5) is 0 Å². The van der Waals surface area contributed by atoms with E-state index in [1.165, 1.54) is 19.4 Å². The molecule has 1 fully saturated rings. The van der Waals surface area contributed by atoms with Gasteiger partial charge in [-0.3, -0.25) is 0 Å². The van der Waals surface area contributed by atoms with Gasteiger partial charge in [-0.05, 0) is 44.5 Å². The van der Waals surface area contributed by atoms with Crippen molar-refractivity contribution in [1.29, 1.82) is 0 Å². The summed E-state index contributed by atoms with van der Waals surface area (Å²) in [5.41, 5.74) is 0.762. The van der Waals surface area contributed by atoms with Crippen LogP contribution in [0.3, 0.4) is 0 Å². The van der Waals surface area contributed by atoms with E-state index >= 15 is 0 Å². The zero-order valence-corrected chi connectivity index (χ0v) is 11.3. The highest BCUT2D eigenvalue weighted by atomic mass is 35.5. The van der Waals surface area contributed by atoms with Gasteiger partial charge in [-0.1, -0.05) is 11.6 Å². The Bertz CT molecular complexity index is 551. The van der Waals surface area contributed by atoms with Crippen molar-refractivity contribution >= 4 is 17.2 Å². The Morgan fingerprint density at radius 3 is 3.17 bits per heavy atom. The second-order valence-electron chi connectivity index (χ2n) is 5.13. The number of nitrogens with zero attached hydrogens (tertiary/aromatic N) is 4. The molecule has 4 nitrogen and oxygen atoms in total. The van der Waals surface area contributed by atoms with Crippen LogP contribution >= 0.6 is 11.6 Å². The Morgan fingerprint density at radius 1 is 1.50 bits per heavy atom. The van der Waals surface area contributed by atoms with Gasteiger partial charge in [-0.15, -0.1) is 0 Å². The Balaban J connectivity index is 1.80. The summed E-state index contributed by atoms with van der Waals surface area (Å²) in [5.74, 6) is 1.57. The Labute approximate surface area is 112 Å². The highest BCUT2D eigenvalue weighted by Crippen LogP contribution is 2.20. The quantitative estimate of drug-likeness (QED) is 0.834. The van der Waals surface area contributed by atoms with Crippen molar-refractivity contribution in [1.82, 2.24) is 19.5 Å². The summed E-state index contributed by atoms with van der Waals surface area (Å²) < 4.78 is 1.77. The molecule has 0 saturated carbocycles. The van der Waals surface area contributed by atoms with Crippen LogP contribution in [-0.2, 0) is 6.42 Å². The van der Waals surface area contributed by atoms with Crippen molar-refractivity contribution < 1.29 is 0 Å². The number of likely N-dealkylation sites (tertiary alicyclic amines) is 1. The number of fused-ring (bicyclic) bond motifs is 1. The van der Waals surface area contributed by atoms with Crippen molar-refractivity contribution in [2.24, 2.45) is 5.92 Å². The number of aromatic nitrogens is 3. The smallest absolute Gasteiger partial charge is 0.174 e. The molecule has 0 bridgehead atoms. The summed E-state index contributed by atoms with van der Waals surface area (Å²) in [6.45, 7) is 2.35. The van der Waals surface area contributed by atoms with E-state index in [1.807, 2.05) is 18.3 Å². The number of rotatable bonds is 2. The van der Waals surface area contributed by atoms with E-state index in [-0.39, 0.29) is 0 Å². The molecule has 0 amide bonds. The second-order valence-corrected chi connectivity index (χ2v) is 5.53. The number of pyridine rings is 1. The molecule has 0 radical (unpaired) electrons. The lowest BCUT2D eigenvalue weighted by Gasteiger charge is -2.28. The molecule has 1 saturated heterocycles. The normalized spacial score (nSPS) is 21.6. The van der Waals surface area contributed by atoms with Crippen LogP contribution in [0, 0.1) is 5.92 Å². The second kappa shape index (κ2) is 4.86.